The summed E-state index contributed by atoms with van der Waals surface area (Å²) in [7, 11) is -3.59. The van der Waals surface area contributed by atoms with Crippen LogP contribution in [0.15, 0.2) is 36.4 Å². The Morgan fingerprint density at radius 3 is 2.04 bits per heavy atom. The Morgan fingerprint density at radius 1 is 0.964 bits per heavy atom. The van der Waals surface area contributed by atoms with E-state index in [2.05, 4.69) is 5.32 Å². The lowest BCUT2D eigenvalue weighted by atomic mass is 10.1. The average Bonchev–Trinajstić information content (AvgIpc) is 2.59. The zero-order valence-corrected chi connectivity index (χ0v) is 17.3. The summed E-state index contributed by atoms with van der Waals surface area (Å²) in [6.45, 7) is 7.35. The first-order valence-electron chi connectivity index (χ1n) is 8.66. The largest absolute Gasteiger partial charge is 0.506 e. The predicted octanol–water partition coefficient (Wildman–Crippen LogP) is 3.26. The third-order valence-corrected chi connectivity index (χ3v) is 4.87. The number of hydrogen-bond acceptors (Lipinski definition) is 6. The monoisotopic (exact) mass is 410 g/mol. The van der Waals surface area contributed by atoms with Crippen molar-refractivity contribution < 1.29 is 28.5 Å². The summed E-state index contributed by atoms with van der Waals surface area (Å²) in [5.41, 5.74) is 0.438. The molecule has 9 heteroatoms. The molecule has 0 spiro atoms. The fraction of sp³-hybridized carbons (Fsp3) is 0.316. The summed E-state index contributed by atoms with van der Waals surface area (Å²) in [6.07, 6.45) is 1.04. The van der Waals surface area contributed by atoms with Crippen LogP contribution in [0.4, 0.5) is 11.4 Å². The van der Waals surface area contributed by atoms with Gasteiger partial charge in [-0.15, -0.1) is 0 Å². The summed E-state index contributed by atoms with van der Waals surface area (Å²) in [5.74, 6) is -1.67. The number of sulfonamides is 1. The van der Waals surface area contributed by atoms with Crippen LogP contribution < -0.4 is 9.62 Å². The van der Waals surface area contributed by atoms with Crippen molar-refractivity contribution in [2.45, 2.75) is 33.7 Å². The number of aromatic hydroxyl groups is 3. The van der Waals surface area contributed by atoms with Crippen molar-refractivity contribution in [2.24, 2.45) is 0 Å². The quantitative estimate of drug-likeness (QED) is 0.560. The molecule has 0 aromatic heterocycles. The number of rotatable bonds is 5. The van der Waals surface area contributed by atoms with Gasteiger partial charge in [-0.1, -0.05) is 13.8 Å². The van der Waals surface area contributed by atoms with Crippen molar-refractivity contribution in [1.82, 2.24) is 0 Å². The minimum absolute atomic E-state index is 0.0998. The second kappa shape index (κ2) is 9.32. The predicted molar refractivity (Wildman–Crippen MR) is 110 cm³/mol. The third-order valence-electron chi connectivity index (χ3n) is 3.53. The summed E-state index contributed by atoms with van der Waals surface area (Å²) >= 11 is 0. The van der Waals surface area contributed by atoms with Gasteiger partial charge >= 0.3 is 0 Å². The molecule has 154 valence electrons. The molecule has 1 amide bonds. The molecule has 0 fully saturated rings. The van der Waals surface area contributed by atoms with Crippen LogP contribution in [-0.4, -0.2) is 41.9 Å². The highest BCUT2D eigenvalue weighted by molar-refractivity contribution is 7.92. The molecule has 0 bridgehead atoms. The Balaban J connectivity index is 0.00000190. The SMILES string of the molecule is CC.CC(C)N(c1ccc(NC(=O)c2ccc(O)c(O)c2)cc1O)S(C)(=O)=O. The van der Waals surface area contributed by atoms with E-state index in [1.807, 2.05) is 13.8 Å². The van der Waals surface area contributed by atoms with Crippen LogP contribution in [0.25, 0.3) is 0 Å². The summed E-state index contributed by atoms with van der Waals surface area (Å²) in [5, 5.41) is 31.5. The minimum atomic E-state index is -3.59. The molecule has 0 radical (unpaired) electrons. The van der Waals surface area contributed by atoms with Gasteiger partial charge in [-0.25, -0.2) is 8.42 Å². The maximum atomic E-state index is 12.2. The van der Waals surface area contributed by atoms with Gasteiger partial charge in [0.25, 0.3) is 5.91 Å². The highest BCUT2D eigenvalue weighted by Crippen LogP contribution is 2.33. The number of hydrogen-bond donors (Lipinski definition) is 4. The lowest BCUT2D eigenvalue weighted by Gasteiger charge is -2.27. The van der Waals surface area contributed by atoms with Gasteiger partial charge in [0.05, 0.1) is 11.9 Å². The van der Waals surface area contributed by atoms with E-state index in [4.69, 9.17) is 0 Å². The van der Waals surface area contributed by atoms with Crippen LogP contribution in [0.1, 0.15) is 38.1 Å². The maximum Gasteiger partial charge on any atom is 0.255 e. The van der Waals surface area contributed by atoms with Gasteiger partial charge < -0.3 is 20.6 Å². The molecule has 0 atom stereocenters. The molecule has 2 aromatic rings. The van der Waals surface area contributed by atoms with E-state index in [1.165, 1.54) is 30.3 Å². The summed E-state index contributed by atoms with van der Waals surface area (Å²) < 4.78 is 24.9. The number of carbonyl (C=O) groups excluding carboxylic acids is 1. The van der Waals surface area contributed by atoms with Crippen LogP contribution in [0.2, 0.25) is 0 Å². The molecule has 0 unspecified atom stereocenters. The highest BCUT2D eigenvalue weighted by Gasteiger charge is 2.23. The van der Waals surface area contributed by atoms with Crippen molar-refractivity contribution in [1.29, 1.82) is 0 Å². The van der Waals surface area contributed by atoms with E-state index in [0.717, 1.165) is 16.6 Å². The van der Waals surface area contributed by atoms with Crippen LogP contribution in [0, 0.1) is 0 Å². The van der Waals surface area contributed by atoms with Crippen molar-refractivity contribution in [3.05, 3.63) is 42.0 Å². The standard InChI is InChI=1S/C17H20N2O6S.C2H6/c1-10(2)19(26(3,24)25)13-6-5-12(9-15(13)21)18-17(23)11-4-7-14(20)16(22)8-11;1-2/h4-10,20-22H,1-3H3,(H,18,23);1-2H3. The van der Waals surface area contributed by atoms with Gasteiger partial charge in [0.15, 0.2) is 11.5 Å². The van der Waals surface area contributed by atoms with Gasteiger partial charge in [-0.2, -0.15) is 0 Å². The second-order valence-electron chi connectivity index (χ2n) is 6.01. The fourth-order valence-electron chi connectivity index (χ4n) is 2.50. The third kappa shape index (κ3) is 5.53. The van der Waals surface area contributed by atoms with E-state index >= 15 is 0 Å². The summed E-state index contributed by atoms with van der Waals surface area (Å²) in [6, 6.07) is 7.27. The number of anilines is 2. The Morgan fingerprint density at radius 2 is 1.57 bits per heavy atom. The number of phenolic OH excluding ortho intramolecular Hbond substituents is 3. The lowest BCUT2D eigenvalue weighted by Crippen LogP contribution is -2.36. The number of amides is 1. The van der Waals surface area contributed by atoms with E-state index in [0.29, 0.717) is 0 Å². The van der Waals surface area contributed by atoms with Crippen molar-refractivity contribution >= 4 is 27.3 Å². The molecule has 0 heterocycles. The molecule has 0 saturated heterocycles. The fourth-order valence-corrected chi connectivity index (χ4v) is 3.77. The van der Waals surface area contributed by atoms with Crippen LogP contribution >= 0.6 is 0 Å². The van der Waals surface area contributed by atoms with Gasteiger partial charge in [0.1, 0.15) is 5.75 Å². The minimum Gasteiger partial charge on any atom is -0.506 e. The number of nitrogens with one attached hydrogen (secondary N) is 1. The van der Waals surface area contributed by atoms with E-state index in [1.54, 1.807) is 13.8 Å². The number of benzene rings is 2. The molecular formula is C19H26N2O6S. The maximum absolute atomic E-state index is 12.2. The molecule has 0 aliphatic carbocycles. The van der Waals surface area contributed by atoms with Gasteiger partial charge in [0, 0.05) is 23.4 Å². The Kier molecular flexibility index (Phi) is 7.69. The average molecular weight is 410 g/mol. The van der Waals surface area contributed by atoms with Gasteiger partial charge in [0.2, 0.25) is 10.0 Å². The van der Waals surface area contributed by atoms with Crippen LogP contribution in [0.5, 0.6) is 17.2 Å². The van der Waals surface area contributed by atoms with Crippen molar-refractivity contribution in [2.75, 3.05) is 15.9 Å². The van der Waals surface area contributed by atoms with Crippen molar-refractivity contribution in [3.63, 3.8) is 0 Å². The zero-order valence-electron chi connectivity index (χ0n) is 16.5. The van der Waals surface area contributed by atoms with Gasteiger partial charge in [-0.05, 0) is 44.2 Å². The van der Waals surface area contributed by atoms with Crippen LogP contribution in [-0.2, 0) is 10.0 Å². The molecule has 0 aliphatic heterocycles. The molecule has 28 heavy (non-hydrogen) atoms. The number of carbonyl (C=O) groups is 1. The van der Waals surface area contributed by atoms with Crippen LogP contribution in [0.3, 0.4) is 0 Å². The topological polar surface area (TPSA) is 127 Å². The van der Waals surface area contributed by atoms with E-state index in [-0.39, 0.29) is 28.4 Å². The first-order chi connectivity index (χ1) is 13.0. The molecule has 0 aliphatic rings. The lowest BCUT2D eigenvalue weighted by molar-refractivity contribution is 0.102. The Bertz CT molecular complexity index is 941. The highest BCUT2D eigenvalue weighted by atomic mass is 32.2. The number of phenols is 3. The first-order valence-corrected chi connectivity index (χ1v) is 10.5. The molecule has 2 aromatic carbocycles. The first kappa shape index (κ1) is 23.1. The van der Waals surface area contributed by atoms with Crippen molar-refractivity contribution in [3.8, 4) is 17.2 Å². The molecular weight excluding hydrogens is 384 g/mol. The smallest absolute Gasteiger partial charge is 0.255 e. The number of nitrogens with zero attached hydrogens (tertiary/aromatic N) is 1. The van der Waals surface area contributed by atoms with E-state index in [9.17, 15) is 28.5 Å². The second-order valence-corrected chi connectivity index (χ2v) is 7.87. The molecule has 4 N–H and O–H groups in total. The molecule has 0 saturated carbocycles. The zero-order chi connectivity index (χ0) is 21.6. The van der Waals surface area contributed by atoms with Gasteiger partial charge in [-0.3, -0.25) is 9.10 Å². The molecule has 2 rings (SSSR count). The Labute approximate surface area is 165 Å². The Hall–Kier alpha value is -2.94. The molecule has 8 nitrogen and oxygen atoms in total. The summed E-state index contributed by atoms with van der Waals surface area (Å²) in [4.78, 5) is 12.2. The normalized spacial score (nSPS) is 10.8. The van der Waals surface area contributed by atoms with E-state index < -0.39 is 27.7 Å².